The van der Waals surface area contributed by atoms with Gasteiger partial charge in [0.2, 0.25) is 0 Å². The Hall–Kier alpha value is -3.62. The van der Waals surface area contributed by atoms with Gasteiger partial charge in [-0.05, 0) is 44.2 Å². The second-order valence-electron chi connectivity index (χ2n) is 6.66. The molecule has 1 heterocycles. The first kappa shape index (κ1) is 22.1. The second-order valence-corrected chi connectivity index (χ2v) is 6.66. The van der Waals surface area contributed by atoms with Crippen LogP contribution in [-0.2, 0) is 6.18 Å². The normalized spacial score (nSPS) is 11.3. The van der Waals surface area contributed by atoms with Gasteiger partial charge in [-0.1, -0.05) is 24.3 Å². The number of carbonyl (C=O) groups is 2. The molecule has 0 saturated carbocycles. The van der Waals surface area contributed by atoms with Gasteiger partial charge in [-0.2, -0.15) is 18.3 Å². The fourth-order valence-corrected chi connectivity index (χ4v) is 3.17. The Morgan fingerprint density at radius 1 is 1.03 bits per heavy atom. The molecule has 1 aromatic heterocycles. The maximum atomic E-state index is 13.8. The molecule has 3 aromatic rings. The highest BCUT2D eigenvalue weighted by molar-refractivity contribution is 6.06. The average molecular weight is 430 g/mol. The van der Waals surface area contributed by atoms with Crippen molar-refractivity contribution in [2.75, 3.05) is 18.4 Å². The smallest absolute Gasteiger partial charge is 0.339 e. The lowest BCUT2D eigenvalue weighted by molar-refractivity contribution is -0.143. The van der Waals surface area contributed by atoms with Gasteiger partial charge in [-0.15, -0.1) is 0 Å². The van der Waals surface area contributed by atoms with Crippen LogP contribution in [0.4, 0.5) is 18.9 Å². The maximum absolute atomic E-state index is 13.8. The summed E-state index contributed by atoms with van der Waals surface area (Å²) in [4.78, 5) is 26.8. The molecule has 0 atom stereocenters. The highest BCUT2D eigenvalue weighted by Gasteiger charge is 2.40. The van der Waals surface area contributed by atoms with E-state index >= 15 is 0 Å². The molecule has 0 saturated heterocycles. The van der Waals surface area contributed by atoms with E-state index in [1.807, 2.05) is 13.8 Å². The number of nitrogens with zero attached hydrogens (tertiary/aromatic N) is 3. The van der Waals surface area contributed by atoms with Crippen LogP contribution >= 0.6 is 0 Å². The second kappa shape index (κ2) is 9.03. The fraction of sp³-hybridized carbons (Fsp3) is 0.227. The van der Waals surface area contributed by atoms with Crippen LogP contribution in [0.3, 0.4) is 0 Å². The lowest BCUT2D eigenvalue weighted by Crippen LogP contribution is -2.30. The van der Waals surface area contributed by atoms with Gasteiger partial charge in [-0.3, -0.25) is 9.59 Å². The minimum absolute atomic E-state index is 0.181. The number of hydrogen-bond donors (Lipinski definition) is 1. The van der Waals surface area contributed by atoms with E-state index in [2.05, 4.69) is 10.4 Å². The molecule has 0 fully saturated rings. The number of aromatic nitrogens is 2. The number of para-hydroxylation sites is 1. The van der Waals surface area contributed by atoms with E-state index in [4.69, 9.17) is 0 Å². The van der Waals surface area contributed by atoms with Gasteiger partial charge in [0, 0.05) is 24.3 Å². The lowest BCUT2D eigenvalue weighted by atomic mass is 10.1. The van der Waals surface area contributed by atoms with E-state index in [9.17, 15) is 22.8 Å². The standard InChI is InChI=1S/C22H21F3N4O2/c1-3-28(4-2)21(31)15-9-8-10-16(13-15)27-20(30)18-14-26-29(19(18)22(23,24)25)17-11-6-5-7-12-17/h5-14H,3-4H2,1-2H3,(H,27,30). The molecule has 0 aliphatic carbocycles. The van der Waals surface area contributed by atoms with Crippen LogP contribution in [0, 0.1) is 0 Å². The predicted molar refractivity (Wildman–Crippen MR) is 110 cm³/mol. The highest BCUT2D eigenvalue weighted by Crippen LogP contribution is 2.34. The number of rotatable bonds is 6. The van der Waals surface area contributed by atoms with Gasteiger partial charge in [0.25, 0.3) is 11.8 Å². The van der Waals surface area contributed by atoms with Crippen molar-refractivity contribution in [3.05, 3.63) is 77.6 Å². The van der Waals surface area contributed by atoms with Gasteiger partial charge in [-0.25, -0.2) is 4.68 Å². The molecule has 31 heavy (non-hydrogen) atoms. The molecule has 1 N–H and O–H groups in total. The number of anilines is 1. The molecule has 2 aromatic carbocycles. The predicted octanol–water partition coefficient (Wildman–Crippen LogP) is 4.63. The van der Waals surface area contributed by atoms with E-state index in [-0.39, 0.29) is 17.3 Å². The minimum Gasteiger partial charge on any atom is -0.339 e. The maximum Gasteiger partial charge on any atom is 0.434 e. The monoisotopic (exact) mass is 430 g/mol. The Bertz CT molecular complexity index is 1070. The molecule has 0 aliphatic rings. The largest absolute Gasteiger partial charge is 0.434 e. The summed E-state index contributed by atoms with van der Waals surface area (Å²) in [6.45, 7) is 4.71. The zero-order valence-electron chi connectivity index (χ0n) is 17.0. The number of carbonyl (C=O) groups excluding carboxylic acids is 2. The van der Waals surface area contributed by atoms with E-state index < -0.39 is 23.3 Å². The van der Waals surface area contributed by atoms with Crippen molar-refractivity contribution < 1.29 is 22.8 Å². The summed E-state index contributed by atoms with van der Waals surface area (Å²) in [6, 6.07) is 13.8. The summed E-state index contributed by atoms with van der Waals surface area (Å²) in [7, 11) is 0. The van der Waals surface area contributed by atoms with Crippen LogP contribution in [0.5, 0.6) is 0 Å². The molecule has 0 aliphatic heterocycles. The summed E-state index contributed by atoms with van der Waals surface area (Å²) < 4.78 is 42.0. The number of amides is 2. The number of alkyl halides is 3. The van der Waals surface area contributed by atoms with Crippen LogP contribution in [0.25, 0.3) is 5.69 Å². The third-order valence-corrected chi connectivity index (χ3v) is 4.70. The summed E-state index contributed by atoms with van der Waals surface area (Å²) in [5, 5.41) is 6.22. The van der Waals surface area contributed by atoms with Crippen LogP contribution in [-0.4, -0.2) is 39.6 Å². The molecular weight excluding hydrogens is 409 g/mol. The number of hydrogen-bond acceptors (Lipinski definition) is 3. The van der Waals surface area contributed by atoms with Crippen molar-refractivity contribution in [3.63, 3.8) is 0 Å². The average Bonchev–Trinajstić information content (AvgIpc) is 3.21. The third kappa shape index (κ3) is 4.76. The molecule has 2 amide bonds. The molecule has 0 radical (unpaired) electrons. The summed E-state index contributed by atoms with van der Waals surface area (Å²) >= 11 is 0. The van der Waals surface area contributed by atoms with Gasteiger partial charge >= 0.3 is 6.18 Å². The zero-order valence-corrected chi connectivity index (χ0v) is 17.0. The van der Waals surface area contributed by atoms with Crippen molar-refractivity contribution >= 4 is 17.5 Å². The molecule has 3 rings (SSSR count). The lowest BCUT2D eigenvalue weighted by Gasteiger charge is -2.19. The van der Waals surface area contributed by atoms with Crippen molar-refractivity contribution in [2.24, 2.45) is 0 Å². The third-order valence-electron chi connectivity index (χ3n) is 4.70. The van der Waals surface area contributed by atoms with Crippen LogP contribution < -0.4 is 5.32 Å². The molecule has 9 heteroatoms. The summed E-state index contributed by atoms with van der Waals surface area (Å²) in [6.07, 6.45) is -3.92. The van der Waals surface area contributed by atoms with Gasteiger partial charge in [0.1, 0.15) is 0 Å². The molecule has 6 nitrogen and oxygen atoms in total. The van der Waals surface area contributed by atoms with E-state index in [1.54, 1.807) is 35.2 Å². The van der Waals surface area contributed by atoms with Crippen molar-refractivity contribution in [1.82, 2.24) is 14.7 Å². The fourth-order valence-electron chi connectivity index (χ4n) is 3.17. The number of nitrogens with one attached hydrogen (secondary N) is 1. The SMILES string of the molecule is CCN(CC)C(=O)c1cccc(NC(=O)c2cnn(-c3ccccc3)c2C(F)(F)F)c1. The first-order valence-corrected chi connectivity index (χ1v) is 9.67. The van der Waals surface area contributed by atoms with Crippen LogP contribution in [0.15, 0.2) is 60.8 Å². The first-order valence-electron chi connectivity index (χ1n) is 9.67. The molecule has 0 unspecified atom stereocenters. The Morgan fingerprint density at radius 3 is 2.32 bits per heavy atom. The van der Waals surface area contributed by atoms with Crippen molar-refractivity contribution in [1.29, 1.82) is 0 Å². The first-order chi connectivity index (χ1) is 14.8. The topological polar surface area (TPSA) is 67.2 Å². The quantitative estimate of drug-likeness (QED) is 0.620. The van der Waals surface area contributed by atoms with Crippen LogP contribution in [0.2, 0.25) is 0 Å². The van der Waals surface area contributed by atoms with E-state index in [0.717, 1.165) is 6.20 Å². The Morgan fingerprint density at radius 2 is 1.71 bits per heavy atom. The number of benzene rings is 2. The van der Waals surface area contributed by atoms with Gasteiger partial charge < -0.3 is 10.2 Å². The van der Waals surface area contributed by atoms with E-state index in [1.165, 1.54) is 24.3 Å². The van der Waals surface area contributed by atoms with Crippen molar-refractivity contribution in [2.45, 2.75) is 20.0 Å². The molecular formula is C22H21F3N4O2. The van der Waals surface area contributed by atoms with Gasteiger partial charge in [0.05, 0.1) is 17.4 Å². The van der Waals surface area contributed by atoms with Gasteiger partial charge in [0.15, 0.2) is 5.69 Å². The molecule has 162 valence electrons. The zero-order chi connectivity index (χ0) is 22.6. The minimum atomic E-state index is -4.81. The Balaban J connectivity index is 1.92. The summed E-state index contributed by atoms with van der Waals surface area (Å²) in [5.41, 5.74) is -1.06. The highest BCUT2D eigenvalue weighted by atomic mass is 19.4. The van der Waals surface area contributed by atoms with Crippen LogP contribution in [0.1, 0.15) is 40.3 Å². The Labute approximate surface area is 177 Å². The molecule has 0 bridgehead atoms. The Kier molecular flexibility index (Phi) is 6.43. The number of halogens is 3. The summed E-state index contributed by atoms with van der Waals surface area (Å²) in [5.74, 6) is -1.20. The van der Waals surface area contributed by atoms with Crippen molar-refractivity contribution in [3.8, 4) is 5.69 Å². The van der Waals surface area contributed by atoms with E-state index in [0.29, 0.717) is 23.3 Å². The molecule has 0 spiro atoms.